The molecule has 0 aromatic carbocycles. The van der Waals surface area contributed by atoms with Gasteiger partial charge < -0.3 is 0 Å². The van der Waals surface area contributed by atoms with E-state index in [9.17, 15) is 4.79 Å². The highest BCUT2D eigenvalue weighted by atomic mass is 79.9. The van der Waals surface area contributed by atoms with Gasteiger partial charge in [-0.2, -0.15) is 0 Å². The van der Waals surface area contributed by atoms with Crippen LogP contribution in [-0.2, 0) is 11.2 Å². The number of carbonyl (C=O) groups excluding carboxylic acids is 1. The fraction of sp³-hybridized carbons (Fsp3) is 0.667. The van der Waals surface area contributed by atoms with Gasteiger partial charge in [0.1, 0.15) is 5.01 Å². The van der Waals surface area contributed by atoms with E-state index in [1.807, 2.05) is 13.8 Å². The predicted octanol–water partition coefficient (Wildman–Crippen LogP) is 2.94. The number of nitrogens with zero attached hydrogens (tertiary/aromatic N) is 2. The number of rotatable bonds is 3. The van der Waals surface area contributed by atoms with Crippen LogP contribution < -0.4 is 5.32 Å². The molecule has 0 spiro atoms. The number of nitrogens with one attached hydrogen (secondary N) is 1. The van der Waals surface area contributed by atoms with Crippen molar-refractivity contribution < 1.29 is 4.79 Å². The zero-order chi connectivity index (χ0) is 12.0. The zero-order valence-corrected chi connectivity index (χ0v) is 12.9. The highest BCUT2D eigenvalue weighted by molar-refractivity contribution is 9.25. The zero-order valence-electron chi connectivity index (χ0n) is 8.88. The Bertz CT molecular complexity index is 434. The van der Waals surface area contributed by atoms with Gasteiger partial charge in [-0.3, -0.25) is 10.1 Å². The SMILES string of the molecule is CCc1nnc(NC(=O)[C@@]2(C)CC2(Br)Br)s1. The van der Waals surface area contributed by atoms with Gasteiger partial charge in [-0.05, 0) is 19.8 Å². The number of hydrogen-bond acceptors (Lipinski definition) is 4. The second kappa shape index (κ2) is 4.03. The molecule has 0 saturated heterocycles. The summed E-state index contributed by atoms with van der Waals surface area (Å²) in [5.41, 5.74) is -0.412. The molecule has 7 heteroatoms. The maximum atomic E-state index is 12.0. The molecule has 16 heavy (non-hydrogen) atoms. The monoisotopic (exact) mass is 367 g/mol. The lowest BCUT2D eigenvalue weighted by atomic mass is 10.1. The molecule has 2 rings (SSSR count). The molecule has 4 nitrogen and oxygen atoms in total. The molecular formula is C9H11Br2N3OS. The quantitative estimate of drug-likeness (QED) is 0.834. The van der Waals surface area contributed by atoms with Crippen molar-refractivity contribution in [2.24, 2.45) is 5.41 Å². The van der Waals surface area contributed by atoms with E-state index in [-0.39, 0.29) is 9.14 Å². The number of amides is 1. The Labute approximate surface area is 114 Å². The number of anilines is 1. The van der Waals surface area contributed by atoms with E-state index in [4.69, 9.17) is 0 Å². The molecule has 1 amide bonds. The van der Waals surface area contributed by atoms with Crippen molar-refractivity contribution in [2.75, 3.05) is 5.32 Å². The molecule has 1 aromatic rings. The van der Waals surface area contributed by atoms with E-state index in [1.165, 1.54) is 11.3 Å². The van der Waals surface area contributed by atoms with E-state index in [0.29, 0.717) is 5.13 Å². The van der Waals surface area contributed by atoms with Gasteiger partial charge in [0, 0.05) is 0 Å². The van der Waals surface area contributed by atoms with Crippen LogP contribution in [0.15, 0.2) is 0 Å². The number of aromatic nitrogens is 2. The van der Waals surface area contributed by atoms with Crippen LogP contribution in [0.5, 0.6) is 0 Å². The summed E-state index contributed by atoms with van der Waals surface area (Å²) < 4.78 is -0.268. The Morgan fingerprint density at radius 3 is 2.62 bits per heavy atom. The molecular weight excluding hydrogens is 358 g/mol. The molecule has 1 aliphatic carbocycles. The number of halogens is 2. The first-order valence-corrected chi connectivity index (χ1v) is 7.31. The molecule has 1 aromatic heterocycles. The van der Waals surface area contributed by atoms with E-state index in [1.54, 1.807) is 0 Å². The Hall–Kier alpha value is -0.0100. The molecule has 1 aliphatic rings. The van der Waals surface area contributed by atoms with E-state index >= 15 is 0 Å². The molecule has 1 atom stereocenters. The van der Waals surface area contributed by atoms with Crippen LogP contribution >= 0.6 is 43.2 Å². The van der Waals surface area contributed by atoms with Crippen molar-refractivity contribution in [1.29, 1.82) is 0 Å². The summed E-state index contributed by atoms with van der Waals surface area (Å²) in [7, 11) is 0. The van der Waals surface area contributed by atoms with Gasteiger partial charge in [0.15, 0.2) is 0 Å². The van der Waals surface area contributed by atoms with Crippen molar-refractivity contribution in [3.05, 3.63) is 5.01 Å². The fourth-order valence-corrected chi connectivity index (χ4v) is 3.48. The van der Waals surface area contributed by atoms with Crippen molar-refractivity contribution >= 4 is 54.2 Å². The van der Waals surface area contributed by atoms with Crippen molar-refractivity contribution in [3.63, 3.8) is 0 Å². The Balaban J connectivity index is 2.04. The Morgan fingerprint density at radius 1 is 1.56 bits per heavy atom. The maximum Gasteiger partial charge on any atom is 0.234 e. The summed E-state index contributed by atoms with van der Waals surface area (Å²) in [4.78, 5) is 12.0. The number of aryl methyl sites for hydroxylation is 1. The van der Waals surface area contributed by atoms with Gasteiger partial charge in [-0.1, -0.05) is 50.1 Å². The largest absolute Gasteiger partial charge is 0.300 e. The van der Waals surface area contributed by atoms with E-state index in [0.717, 1.165) is 17.8 Å². The summed E-state index contributed by atoms with van der Waals surface area (Å²) in [5, 5.41) is 12.2. The van der Waals surface area contributed by atoms with Gasteiger partial charge in [0.2, 0.25) is 11.0 Å². The molecule has 0 aliphatic heterocycles. The van der Waals surface area contributed by atoms with Crippen molar-refractivity contribution in [2.45, 2.75) is 29.9 Å². The van der Waals surface area contributed by atoms with Crippen LogP contribution in [0.4, 0.5) is 5.13 Å². The average molecular weight is 369 g/mol. The lowest BCUT2D eigenvalue weighted by Crippen LogP contribution is -2.25. The first kappa shape index (κ1) is 12.4. The van der Waals surface area contributed by atoms with Crippen molar-refractivity contribution in [1.82, 2.24) is 10.2 Å². The third-order valence-corrected chi connectivity index (χ3v) is 6.04. The molecule has 1 heterocycles. The van der Waals surface area contributed by atoms with Crippen molar-refractivity contribution in [3.8, 4) is 0 Å². The van der Waals surface area contributed by atoms with Crippen LogP contribution in [0.25, 0.3) is 0 Å². The Kier molecular flexibility index (Phi) is 3.13. The molecule has 1 saturated carbocycles. The lowest BCUT2D eigenvalue weighted by molar-refractivity contribution is -0.120. The number of carbonyl (C=O) groups is 1. The summed E-state index contributed by atoms with van der Waals surface area (Å²) in [5.74, 6) is -0.0277. The van der Waals surface area contributed by atoms with Gasteiger partial charge >= 0.3 is 0 Å². The normalized spacial score (nSPS) is 26.5. The molecule has 88 valence electrons. The molecule has 0 radical (unpaired) electrons. The maximum absolute atomic E-state index is 12.0. The predicted molar refractivity (Wildman–Crippen MR) is 71.2 cm³/mol. The minimum atomic E-state index is -0.412. The Morgan fingerprint density at radius 2 is 2.19 bits per heavy atom. The molecule has 0 unspecified atom stereocenters. The summed E-state index contributed by atoms with van der Waals surface area (Å²) >= 11 is 8.35. The van der Waals surface area contributed by atoms with E-state index in [2.05, 4.69) is 47.4 Å². The molecule has 1 fully saturated rings. The fourth-order valence-electron chi connectivity index (χ4n) is 1.33. The lowest BCUT2D eigenvalue weighted by Gasteiger charge is -2.10. The minimum absolute atomic E-state index is 0.0277. The number of hydrogen-bond donors (Lipinski definition) is 1. The highest BCUT2D eigenvalue weighted by Gasteiger charge is 2.66. The van der Waals surface area contributed by atoms with Crippen LogP contribution in [0, 0.1) is 5.41 Å². The van der Waals surface area contributed by atoms with Gasteiger partial charge in [-0.15, -0.1) is 10.2 Å². The second-order valence-corrected chi connectivity index (χ2v) is 8.86. The minimum Gasteiger partial charge on any atom is -0.300 e. The molecule has 0 bridgehead atoms. The van der Waals surface area contributed by atoms with Crippen LogP contribution in [0.1, 0.15) is 25.3 Å². The second-order valence-electron chi connectivity index (χ2n) is 4.02. The van der Waals surface area contributed by atoms with Crippen LogP contribution in [0.2, 0.25) is 0 Å². The summed E-state index contributed by atoms with van der Waals surface area (Å²) in [6.45, 7) is 3.92. The first-order valence-electron chi connectivity index (χ1n) is 4.91. The van der Waals surface area contributed by atoms with Gasteiger partial charge in [0.05, 0.1) is 8.65 Å². The summed E-state index contributed by atoms with van der Waals surface area (Å²) in [6.07, 6.45) is 1.61. The smallest absolute Gasteiger partial charge is 0.234 e. The standard InChI is InChI=1S/C9H11Br2N3OS/c1-3-5-13-14-7(16-5)12-6(15)8(2)4-9(8,10)11/h3-4H2,1-2H3,(H,12,14,15)/t8-/m1/s1. The summed E-state index contributed by atoms with van der Waals surface area (Å²) in [6, 6.07) is 0. The van der Waals surface area contributed by atoms with E-state index < -0.39 is 5.41 Å². The first-order chi connectivity index (χ1) is 7.39. The van der Waals surface area contributed by atoms with Crippen LogP contribution in [0.3, 0.4) is 0 Å². The van der Waals surface area contributed by atoms with Gasteiger partial charge in [0.25, 0.3) is 0 Å². The average Bonchev–Trinajstić information content (AvgIpc) is 2.62. The third kappa shape index (κ3) is 2.04. The van der Waals surface area contributed by atoms with Crippen LogP contribution in [-0.4, -0.2) is 19.3 Å². The third-order valence-electron chi connectivity index (χ3n) is 2.75. The molecule has 1 N–H and O–H groups in total. The van der Waals surface area contributed by atoms with Gasteiger partial charge in [-0.25, -0.2) is 0 Å². The number of alkyl halides is 2. The topological polar surface area (TPSA) is 54.9 Å². The highest BCUT2D eigenvalue weighted by Crippen LogP contribution is 2.66.